The molecule has 4 aromatic carbocycles. The van der Waals surface area contributed by atoms with E-state index in [-0.39, 0.29) is 35.6 Å². The molecule has 10 rings (SSSR count). The first-order valence-corrected chi connectivity index (χ1v) is 27.6. The summed E-state index contributed by atoms with van der Waals surface area (Å²) in [4.78, 5) is 0. The van der Waals surface area contributed by atoms with Crippen LogP contribution in [0.15, 0.2) is 99.9 Å². The fourth-order valence-corrected chi connectivity index (χ4v) is 29.0. The molecule has 290 valence electrons. The van der Waals surface area contributed by atoms with Crippen LogP contribution in [-0.4, -0.2) is 4.21 Å². The zero-order valence-corrected chi connectivity index (χ0v) is 39.0. The van der Waals surface area contributed by atoms with Crippen LogP contribution >= 0.6 is 24.8 Å². The minimum atomic E-state index is -5.02. The number of hydrogen-bond donors (Lipinski definition) is 0. The normalized spacial score (nSPS) is 25.4. The molecule has 0 amide bonds. The molecule has 0 spiro atoms. The average Bonchev–Trinajstić information content (AvgIpc) is 3.67. The zero-order valence-electron chi connectivity index (χ0n) is 34.9. The van der Waals surface area contributed by atoms with E-state index in [1.54, 1.807) is 12.1 Å². The molecular formula is C52H64Cl2Zr. The molecule has 0 heterocycles. The van der Waals surface area contributed by atoms with Gasteiger partial charge in [-0.25, -0.2) is 0 Å². The van der Waals surface area contributed by atoms with Crippen molar-refractivity contribution in [2.45, 2.75) is 112 Å². The van der Waals surface area contributed by atoms with Gasteiger partial charge in [-0.1, -0.05) is 0 Å². The van der Waals surface area contributed by atoms with E-state index < -0.39 is 18.3 Å². The van der Waals surface area contributed by atoms with E-state index in [1.165, 1.54) is 83.2 Å². The van der Waals surface area contributed by atoms with Crippen molar-refractivity contribution < 1.29 is 18.3 Å². The summed E-state index contributed by atoms with van der Waals surface area (Å²) in [5, 5.41) is 0. The second-order valence-corrected chi connectivity index (χ2v) is 33.5. The van der Waals surface area contributed by atoms with Crippen LogP contribution in [0.2, 0.25) is 0 Å². The van der Waals surface area contributed by atoms with E-state index in [0.717, 1.165) is 36.0 Å². The van der Waals surface area contributed by atoms with Crippen LogP contribution in [0.25, 0.3) is 11.1 Å². The predicted molar refractivity (Wildman–Crippen MR) is 241 cm³/mol. The van der Waals surface area contributed by atoms with Crippen LogP contribution in [0.4, 0.5) is 0 Å². The van der Waals surface area contributed by atoms with Crippen molar-refractivity contribution in [3.8, 4) is 11.1 Å². The Kier molecular flexibility index (Phi) is 10.3. The summed E-state index contributed by atoms with van der Waals surface area (Å²) < 4.78 is 12.2. The predicted octanol–water partition coefficient (Wildman–Crippen LogP) is 12.2. The number of benzene rings is 4. The first kappa shape index (κ1) is 40.9. The maximum absolute atomic E-state index is 6.00. The molecule has 1 unspecified atom stereocenters. The van der Waals surface area contributed by atoms with Gasteiger partial charge < -0.3 is 0 Å². The Balaban J connectivity index is 0.00000233. The van der Waals surface area contributed by atoms with E-state index in [0.29, 0.717) is 5.92 Å². The van der Waals surface area contributed by atoms with Gasteiger partial charge in [0.25, 0.3) is 0 Å². The molecule has 6 aliphatic carbocycles. The summed E-state index contributed by atoms with van der Waals surface area (Å²) >= 11 is -5.02. The first-order chi connectivity index (χ1) is 25.0. The van der Waals surface area contributed by atoms with Crippen molar-refractivity contribution in [2.75, 3.05) is 0 Å². The van der Waals surface area contributed by atoms with Crippen LogP contribution < -0.4 is 9.81 Å². The van der Waals surface area contributed by atoms with E-state index in [9.17, 15) is 0 Å². The van der Waals surface area contributed by atoms with Gasteiger partial charge in [-0.05, 0) is 0 Å². The summed E-state index contributed by atoms with van der Waals surface area (Å²) in [7, 11) is 0. The van der Waals surface area contributed by atoms with Crippen LogP contribution in [0.1, 0.15) is 114 Å². The second-order valence-electron chi connectivity index (χ2n) is 20.8. The van der Waals surface area contributed by atoms with Gasteiger partial charge in [0.05, 0.1) is 0 Å². The summed E-state index contributed by atoms with van der Waals surface area (Å²) in [6, 6.07) is 32.2. The molecule has 4 bridgehead atoms. The first-order valence-electron chi connectivity index (χ1n) is 20.9. The van der Waals surface area contributed by atoms with Crippen molar-refractivity contribution >= 4 is 38.8 Å². The summed E-state index contributed by atoms with van der Waals surface area (Å²) in [6.07, 6.45) is 13.9. The fraction of sp³-hybridized carbons (Fsp3) is 0.442. The third-order valence-corrected chi connectivity index (χ3v) is 31.8. The summed E-state index contributed by atoms with van der Waals surface area (Å²) in [5.74, 6) is 4.76. The third-order valence-electron chi connectivity index (χ3n) is 15.2. The molecule has 0 aliphatic heterocycles. The molecule has 0 N–H and O–H groups in total. The SMILES string of the molecule is Cl.Cl.[CH2]=[Zr]([C]1=CC(C2C3CC4CC(C3)CC2C4)=CC1C)([c]1ccc(C)cc1)([c]1ccc(C)cc1)[c]1cc(C(C)(C)C)cc2c1Cc1ccc(C(C)(C)C)cc1-2. The second kappa shape index (κ2) is 13.9. The Hall–Kier alpha value is -2.31. The average molecular weight is 851 g/mol. The quantitative estimate of drug-likeness (QED) is 0.165. The molecule has 3 heteroatoms. The van der Waals surface area contributed by atoms with Crippen LogP contribution in [0.3, 0.4) is 0 Å². The van der Waals surface area contributed by atoms with Crippen molar-refractivity contribution in [1.82, 2.24) is 0 Å². The molecule has 1 atom stereocenters. The van der Waals surface area contributed by atoms with Crippen LogP contribution in [-0.2, 0) is 35.5 Å². The zero-order chi connectivity index (χ0) is 37.3. The molecule has 4 aromatic rings. The Morgan fingerprint density at radius 3 is 1.64 bits per heavy atom. The minimum absolute atomic E-state index is 0. The van der Waals surface area contributed by atoms with Crippen molar-refractivity contribution in [2.24, 2.45) is 35.5 Å². The van der Waals surface area contributed by atoms with Gasteiger partial charge in [-0.3, -0.25) is 0 Å². The number of fused-ring (bicyclic) bond motifs is 3. The molecule has 0 nitrogen and oxygen atoms in total. The van der Waals surface area contributed by atoms with E-state index in [2.05, 4.69) is 153 Å². The molecule has 6 aliphatic rings. The topological polar surface area (TPSA) is 0 Å². The van der Waals surface area contributed by atoms with Crippen molar-refractivity contribution in [3.05, 3.63) is 133 Å². The molecule has 0 aromatic heterocycles. The maximum atomic E-state index is 6.00. The molecule has 0 saturated heterocycles. The Morgan fingerprint density at radius 2 is 1.13 bits per heavy atom. The van der Waals surface area contributed by atoms with Gasteiger partial charge in [0.1, 0.15) is 0 Å². The molecule has 4 fully saturated rings. The number of hydrogen-bond acceptors (Lipinski definition) is 0. The van der Waals surface area contributed by atoms with Crippen LogP contribution in [0, 0.1) is 49.4 Å². The molecule has 4 saturated carbocycles. The van der Waals surface area contributed by atoms with Gasteiger partial charge in [-0.15, -0.1) is 24.8 Å². The summed E-state index contributed by atoms with van der Waals surface area (Å²) in [6.45, 7) is 21.3. The van der Waals surface area contributed by atoms with E-state index >= 15 is 0 Å². The van der Waals surface area contributed by atoms with Gasteiger partial charge in [0.15, 0.2) is 0 Å². The molecular weight excluding hydrogens is 787 g/mol. The van der Waals surface area contributed by atoms with Gasteiger partial charge in [-0.2, -0.15) is 0 Å². The van der Waals surface area contributed by atoms with E-state index in [4.69, 9.17) is 4.21 Å². The van der Waals surface area contributed by atoms with Gasteiger partial charge in [0, 0.05) is 0 Å². The molecule has 55 heavy (non-hydrogen) atoms. The Labute approximate surface area is 346 Å². The standard InChI is InChI=1S/C21H25.C16H21.2C7H7.CH2.2ClH.Zr/c1-20(2,3)16-9-7-14-11-15-8-10-17(21(4,5)6)13-19(15)18(14)12-16;1-10-2-3-13(4-10)16-14-6-11-5-12(8-14)9-15(16)7-11;2*1-7-5-3-2-4-6-7;;;;/h7,9-10,12-13H,11H2,1-6H3;3-4,10-12,14-16H,5-9H2,1H3;2*3-6H,1H3;1H2;2*1H;. The summed E-state index contributed by atoms with van der Waals surface area (Å²) in [5.41, 5.74) is 13.1. The van der Waals surface area contributed by atoms with E-state index in [1.807, 2.05) is 0 Å². The number of rotatable bonds is 5. The van der Waals surface area contributed by atoms with Crippen LogP contribution in [0.5, 0.6) is 0 Å². The molecule has 0 radical (unpaired) electrons. The van der Waals surface area contributed by atoms with Gasteiger partial charge >= 0.3 is 324 Å². The Bertz CT molecular complexity index is 2190. The fourth-order valence-electron chi connectivity index (χ4n) is 12.6. The van der Waals surface area contributed by atoms with Crippen molar-refractivity contribution in [1.29, 1.82) is 0 Å². The van der Waals surface area contributed by atoms with Gasteiger partial charge in [0.2, 0.25) is 0 Å². The number of halogens is 2. The Morgan fingerprint density at radius 1 is 0.618 bits per heavy atom. The van der Waals surface area contributed by atoms with Crippen molar-refractivity contribution in [3.63, 3.8) is 0 Å². The number of aryl methyl sites for hydroxylation is 2. The number of allylic oxidation sites excluding steroid dienone is 4. The third kappa shape index (κ3) is 6.27. The monoisotopic (exact) mass is 848 g/mol.